The summed E-state index contributed by atoms with van der Waals surface area (Å²) in [6.07, 6.45) is 2.05. The number of nitrogens with two attached hydrogens (primary N) is 1. The van der Waals surface area contributed by atoms with Gasteiger partial charge in [0.05, 0.1) is 0 Å². The zero-order valence-electron chi connectivity index (χ0n) is 10.2. The van der Waals surface area contributed by atoms with Gasteiger partial charge in [0.25, 0.3) is 0 Å². The molecule has 0 unspecified atom stereocenters. The van der Waals surface area contributed by atoms with Crippen LogP contribution in [0.25, 0.3) is 0 Å². The summed E-state index contributed by atoms with van der Waals surface area (Å²) in [5.74, 6) is -0.137. The Morgan fingerprint density at radius 2 is 2.18 bits per heavy atom. The first-order chi connectivity index (χ1) is 8.27. The summed E-state index contributed by atoms with van der Waals surface area (Å²) < 4.78 is 5.24. The fourth-order valence-electron chi connectivity index (χ4n) is 1.42. The van der Waals surface area contributed by atoms with Gasteiger partial charge in [0.2, 0.25) is 5.91 Å². The molecule has 0 fully saturated rings. The third kappa shape index (κ3) is 4.97. The summed E-state index contributed by atoms with van der Waals surface area (Å²) in [4.78, 5) is 11.6. The lowest BCUT2D eigenvalue weighted by molar-refractivity contribution is -0.120. The fraction of sp³-hybridized carbons (Fsp3) is 0.462. The molecular weight excluding hydrogens is 216 g/mol. The van der Waals surface area contributed by atoms with Crippen LogP contribution in [0.3, 0.4) is 0 Å². The van der Waals surface area contributed by atoms with E-state index in [0.29, 0.717) is 13.2 Å². The topological polar surface area (TPSA) is 64.3 Å². The maximum atomic E-state index is 11.6. The Labute approximate surface area is 102 Å². The van der Waals surface area contributed by atoms with E-state index in [2.05, 4.69) is 12.2 Å². The number of para-hydroxylation sites is 1. The Morgan fingerprint density at radius 3 is 2.88 bits per heavy atom. The molecule has 17 heavy (non-hydrogen) atoms. The van der Waals surface area contributed by atoms with Gasteiger partial charge in [-0.3, -0.25) is 4.79 Å². The molecule has 94 valence electrons. The van der Waals surface area contributed by atoms with Gasteiger partial charge >= 0.3 is 0 Å². The van der Waals surface area contributed by atoms with Crippen LogP contribution in [0.15, 0.2) is 24.3 Å². The lowest BCUT2D eigenvalue weighted by Gasteiger charge is -2.09. The summed E-state index contributed by atoms with van der Waals surface area (Å²) in [7, 11) is 0. The summed E-state index contributed by atoms with van der Waals surface area (Å²) in [6, 6.07) is 7.50. The molecule has 1 aromatic rings. The minimum atomic E-state index is -0.137. The molecule has 0 saturated heterocycles. The van der Waals surface area contributed by atoms with Gasteiger partial charge in [0.15, 0.2) is 0 Å². The maximum Gasteiger partial charge on any atom is 0.250 e. The summed E-state index contributed by atoms with van der Waals surface area (Å²) in [5.41, 5.74) is 7.27. The van der Waals surface area contributed by atoms with Gasteiger partial charge in [-0.1, -0.05) is 31.5 Å². The molecule has 0 atom stereocenters. The fourth-order valence-corrected chi connectivity index (χ4v) is 1.42. The Balaban J connectivity index is 2.39. The highest BCUT2D eigenvalue weighted by atomic mass is 16.5. The molecule has 0 aliphatic rings. The average molecular weight is 236 g/mol. The van der Waals surface area contributed by atoms with Crippen LogP contribution in [0.4, 0.5) is 5.69 Å². The third-order valence-corrected chi connectivity index (χ3v) is 2.39. The highest BCUT2D eigenvalue weighted by molar-refractivity contribution is 5.92. The van der Waals surface area contributed by atoms with Gasteiger partial charge in [0, 0.05) is 18.8 Å². The second kappa shape index (κ2) is 7.81. The number of carbonyl (C=O) groups excluding carboxylic acids is 1. The first kappa shape index (κ1) is 13.7. The second-order valence-corrected chi connectivity index (χ2v) is 3.82. The number of rotatable bonds is 7. The number of benzene rings is 1. The van der Waals surface area contributed by atoms with Gasteiger partial charge in [-0.05, 0) is 18.1 Å². The van der Waals surface area contributed by atoms with E-state index in [9.17, 15) is 4.79 Å². The van der Waals surface area contributed by atoms with E-state index >= 15 is 0 Å². The molecule has 0 bridgehead atoms. The van der Waals surface area contributed by atoms with E-state index in [0.717, 1.165) is 24.1 Å². The van der Waals surface area contributed by atoms with E-state index in [1.165, 1.54) is 0 Å². The van der Waals surface area contributed by atoms with Crippen molar-refractivity contribution in [2.75, 3.05) is 18.5 Å². The molecule has 0 saturated carbocycles. The molecule has 0 aromatic heterocycles. The Morgan fingerprint density at radius 1 is 1.41 bits per heavy atom. The molecule has 1 aromatic carbocycles. The van der Waals surface area contributed by atoms with E-state index < -0.39 is 0 Å². The minimum Gasteiger partial charge on any atom is -0.372 e. The van der Waals surface area contributed by atoms with Crippen LogP contribution in [0, 0.1) is 0 Å². The van der Waals surface area contributed by atoms with E-state index in [1.807, 2.05) is 24.3 Å². The molecule has 0 aliphatic carbocycles. The monoisotopic (exact) mass is 236 g/mol. The zero-order valence-corrected chi connectivity index (χ0v) is 10.2. The summed E-state index contributed by atoms with van der Waals surface area (Å²) in [6.45, 7) is 3.22. The first-order valence-corrected chi connectivity index (χ1v) is 5.93. The van der Waals surface area contributed by atoms with Crippen LogP contribution >= 0.6 is 0 Å². The zero-order chi connectivity index (χ0) is 12.5. The lowest BCUT2D eigenvalue weighted by Crippen LogP contribution is -2.19. The van der Waals surface area contributed by atoms with Gasteiger partial charge in [-0.2, -0.15) is 0 Å². The molecule has 0 radical (unpaired) electrons. The van der Waals surface area contributed by atoms with Gasteiger partial charge in [-0.25, -0.2) is 0 Å². The van der Waals surface area contributed by atoms with Crippen LogP contribution in [0.5, 0.6) is 0 Å². The van der Waals surface area contributed by atoms with Crippen LogP contribution in [0.2, 0.25) is 0 Å². The Hall–Kier alpha value is -1.39. The first-order valence-electron chi connectivity index (χ1n) is 5.93. The second-order valence-electron chi connectivity index (χ2n) is 3.82. The number of ether oxygens (including phenoxy) is 1. The summed E-state index contributed by atoms with van der Waals surface area (Å²) >= 11 is 0. The quantitative estimate of drug-likeness (QED) is 0.711. The molecule has 0 spiro atoms. The van der Waals surface area contributed by atoms with Crippen LogP contribution in [-0.2, 0) is 16.1 Å². The van der Waals surface area contributed by atoms with Crippen molar-refractivity contribution in [3.63, 3.8) is 0 Å². The van der Waals surface area contributed by atoms with Crippen molar-refractivity contribution in [2.24, 2.45) is 5.73 Å². The van der Waals surface area contributed by atoms with Crippen molar-refractivity contribution in [3.05, 3.63) is 29.8 Å². The Bertz CT molecular complexity index is 353. The molecule has 3 N–H and O–H groups in total. The lowest BCUT2D eigenvalue weighted by atomic mass is 10.2. The highest BCUT2D eigenvalue weighted by Crippen LogP contribution is 2.13. The number of hydrogen-bond acceptors (Lipinski definition) is 3. The summed E-state index contributed by atoms with van der Waals surface area (Å²) in [5, 5.41) is 2.79. The van der Waals surface area contributed by atoms with Gasteiger partial charge in [-0.15, -0.1) is 0 Å². The number of amides is 1. The number of hydrogen-bond donors (Lipinski definition) is 2. The van der Waals surface area contributed by atoms with Crippen LogP contribution in [0.1, 0.15) is 25.3 Å². The molecule has 4 heteroatoms. The predicted molar refractivity (Wildman–Crippen MR) is 68.7 cm³/mol. The van der Waals surface area contributed by atoms with Crippen LogP contribution in [-0.4, -0.2) is 19.1 Å². The van der Waals surface area contributed by atoms with E-state index in [4.69, 9.17) is 10.5 Å². The van der Waals surface area contributed by atoms with Gasteiger partial charge < -0.3 is 15.8 Å². The predicted octanol–water partition coefficient (Wildman–Crippen LogP) is 1.90. The number of nitrogens with one attached hydrogen (secondary N) is 1. The number of anilines is 1. The normalized spacial score (nSPS) is 10.2. The molecule has 0 aliphatic heterocycles. The minimum absolute atomic E-state index is 0.0961. The largest absolute Gasteiger partial charge is 0.372 e. The van der Waals surface area contributed by atoms with Crippen molar-refractivity contribution >= 4 is 11.6 Å². The van der Waals surface area contributed by atoms with Crippen molar-refractivity contribution in [2.45, 2.75) is 26.3 Å². The number of carbonyl (C=O) groups is 1. The van der Waals surface area contributed by atoms with Crippen molar-refractivity contribution in [1.29, 1.82) is 0 Å². The Kier molecular flexibility index (Phi) is 6.29. The average Bonchev–Trinajstić information content (AvgIpc) is 2.35. The standard InChI is InChI=1S/C13H20N2O2/c1-2-3-8-17-10-13(16)15-12-7-5-4-6-11(12)9-14/h4-7H,2-3,8-10,14H2,1H3,(H,15,16). The van der Waals surface area contributed by atoms with E-state index in [-0.39, 0.29) is 12.5 Å². The van der Waals surface area contributed by atoms with E-state index in [1.54, 1.807) is 0 Å². The molecule has 0 heterocycles. The highest BCUT2D eigenvalue weighted by Gasteiger charge is 2.05. The molecule has 1 rings (SSSR count). The van der Waals surface area contributed by atoms with Crippen molar-refractivity contribution < 1.29 is 9.53 Å². The van der Waals surface area contributed by atoms with Crippen LogP contribution < -0.4 is 11.1 Å². The smallest absolute Gasteiger partial charge is 0.250 e. The molecule has 4 nitrogen and oxygen atoms in total. The molecular formula is C13H20N2O2. The van der Waals surface area contributed by atoms with Crippen molar-refractivity contribution in [1.82, 2.24) is 0 Å². The third-order valence-electron chi connectivity index (χ3n) is 2.39. The number of unbranched alkanes of at least 4 members (excludes halogenated alkanes) is 1. The molecule has 1 amide bonds. The van der Waals surface area contributed by atoms with Gasteiger partial charge in [0.1, 0.15) is 6.61 Å². The van der Waals surface area contributed by atoms with Crippen molar-refractivity contribution in [3.8, 4) is 0 Å². The maximum absolute atomic E-state index is 11.6. The SMILES string of the molecule is CCCCOCC(=O)Nc1ccccc1CN.